The van der Waals surface area contributed by atoms with Crippen LogP contribution in [0.5, 0.6) is 0 Å². The van der Waals surface area contributed by atoms with Gasteiger partial charge in [-0.1, -0.05) is 43.5 Å². The highest BCUT2D eigenvalue weighted by molar-refractivity contribution is 5.75. The van der Waals surface area contributed by atoms with Crippen LogP contribution in [0.25, 0.3) is 22.6 Å². The number of benzene rings is 2. The first-order chi connectivity index (χ1) is 12.4. The predicted octanol–water partition coefficient (Wildman–Crippen LogP) is 4.89. The fourth-order valence-corrected chi connectivity index (χ4v) is 3.38. The van der Waals surface area contributed by atoms with Gasteiger partial charge >= 0.3 is 0 Å². The lowest BCUT2D eigenvalue weighted by Gasteiger charge is -2.22. The third-order valence-electron chi connectivity index (χ3n) is 4.84. The summed E-state index contributed by atoms with van der Waals surface area (Å²) in [6.07, 6.45) is 7.37. The lowest BCUT2D eigenvalue weighted by Crippen LogP contribution is -2.31. The standard InChI is InChI=1S/C21H24N2O2/c1-2-6-18(7-3-1)23-24-15-14-16-10-12-17(13-11-16)21-22-19-8-4-5-9-20(19)25-21/h4-5,8-13,18,23H,1-3,6-7,14-15H2. The van der Waals surface area contributed by atoms with E-state index in [-0.39, 0.29) is 0 Å². The van der Waals surface area contributed by atoms with E-state index in [9.17, 15) is 0 Å². The fraction of sp³-hybridized carbons (Fsp3) is 0.381. The Morgan fingerprint density at radius 1 is 1.00 bits per heavy atom. The second-order valence-corrected chi connectivity index (χ2v) is 6.73. The van der Waals surface area contributed by atoms with E-state index < -0.39 is 0 Å². The van der Waals surface area contributed by atoms with Gasteiger partial charge in [0.1, 0.15) is 5.52 Å². The van der Waals surface area contributed by atoms with Crippen molar-refractivity contribution in [3.63, 3.8) is 0 Å². The fourth-order valence-electron chi connectivity index (χ4n) is 3.38. The van der Waals surface area contributed by atoms with Gasteiger partial charge in [0, 0.05) is 11.6 Å². The smallest absolute Gasteiger partial charge is 0.227 e. The van der Waals surface area contributed by atoms with E-state index in [2.05, 4.69) is 34.7 Å². The molecule has 130 valence electrons. The Balaban J connectivity index is 1.30. The number of fused-ring (bicyclic) bond motifs is 1. The van der Waals surface area contributed by atoms with Gasteiger partial charge in [0.15, 0.2) is 5.58 Å². The molecule has 4 rings (SSSR count). The van der Waals surface area contributed by atoms with Crippen LogP contribution in [-0.4, -0.2) is 17.6 Å². The normalized spacial score (nSPS) is 15.7. The maximum atomic E-state index is 5.81. The molecular weight excluding hydrogens is 312 g/mol. The third-order valence-corrected chi connectivity index (χ3v) is 4.84. The zero-order valence-corrected chi connectivity index (χ0v) is 14.4. The largest absolute Gasteiger partial charge is 0.436 e. The summed E-state index contributed by atoms with van der Waals surface area (Å²) in [5.74, 6) is 0.669. The van der Waals surface area contributed by atoms with Crippen LogP contribution in [0.2, 0.25) is 0 Å². The van der Waals surface area contributed by atoms with Crippen molar-refractivity contribution in [3.05, 3.63) is 54.1 Å². The molecule has 1 aliphatic rings. The number of hydrogen-bond acceptors (Lipinski definition) is 4. The molecule has 3 aromatic rings. The van der Waals surface area contributed by atoms with Crippen LogP contribution in [0.1, 0.15) is 37.7 Å². The van der Waals surface area contributed by atoms with Gasteiger partial charge in [0.25, 0.3) is 0 Å². The van der Waals surface area contributed by atoms with Gasteiger partial charge in [-0.3, -0.25) is 0 Å². The molecule has 0 amide bonds. The van der Waals surface area contributed by atoms with Crippen molar-refractivity contribution < 1.29 is 9.25 Å². The summed E-state index contributed by atoms with van der Waals surface area (Å²) >= 11 is 0. The van der Waals surface area contributed by atoms with Gasteiger partial charge in [-0.25, -0.2) is 4.98 Å². The summed E-state index contributed by atoms with van der Waals surface area (Å²) in [5.41, 5.74) is 7.19. The molecule has 1 N–H and O–H groups in total. The van der Waals surface area contributed by atoms with Crippen molar-refractivity contribution in [3.8, 4) is 11.5 Å². The number of rotatable bonds is 6. The average molecular weight is 336 g/mol. The zero-order chi connectivity index (χ0) is 16.9. The Morgan fingerprint density at radius 2 is 1.80 bits per heavy atom. The van der Waals surface area contributed by atoms with Gasteiger partial charge in [-0.05, 0) is 49.1 Å². The summed E-state index contributed by atoms with van der Waals surface area (Å²) in [5, 5.41) is 0. The highest BCUT2D eigenvalue weighted by Gasteiger charge is 2.12. The van der Waals surface area contributed by atoms with E-state index in [4.69, 9.17) is 9.25 Å². The van der Waals surface area contributed by atoms with Gasteiger partial charge in [0.05, 0.1) is 6.61 Å². The molecule has 4 nitrogen and oxygen atoms in total. The molecule has 0 saturated heterocycles. The molecule has 1 saturated carbocycles. The minimum absolute atomic E-state index is 0.537. The maximum absolute atomic E-state index is 5.81. The molecule has 1 aromatic heterocycles. The van der Waals surface area contributed by atoms with Crippen LogP contribution in [-0.2, 0) is 11.3 Å². The number of aromatic nitrogens is 1. The van der Waals surface area contributed by atoms with Crippen LogP contribution in [0.15, 0.2) is 52.9 Å². The van der Waals surface area contributed by atoms with Gasteiger partial charge in [-0.15, -0.1) is 0 Å². The molecule has 4 heteroatoms. The molecule has 25 heavy (non-hydrogen) atoms. The molecule has 0 atom stereocenters. The lowest BCUT2D eigenvalue weighted by molar-refractivity contribution is 0.00901. The number of nitrogens with one attached hydrogen (secondary N) is 1. The summed E-state index contributed by atoms with van der Waals surface area (Å²) in [6, 6.07) is 16.7. The highest BCUT2D eigenvalue weighted by Crippen LogP contribution is 2.24. The van der Waals surface area contributed by atoms with Crippen LogP contribution >= 0.6 is 0 Å². The first-order valence-corrected chi connectivity index (χ1v) is 9.21. The van der Waals surface area contributed by atoms with E-state index >= 15 is 0 Å². The highest BCUT2D eigenvalue weighted by atomic mass is 16.6. The quantitative estimate of drug-likeness (QED) is 0.514. The van der Waals surface area contributed by atoms with Crippen LogP contribution in [0, 0.1) is 0 Å². The Kier molecular flexibility index (Phi) is 5.09. The topological polar surface area (TPSA) is 47.3 Å². The molecule has 0 radical (unpaired) electrons. The van der Waals surface area contributed by atoms with E-state index in [1.807, 2.05) is 24.3 Å². The Labute approximate surface area is 148 Å². The van der Waals surface area contributed by atoms with Crippen molar-refractivity contribution in [2.24, 2.45) is 0 Å². The Bertz CT molecular complexity index is 771. The summed E-state index contributed by atoms with van der Waals surface area (Å²) < 4.78 is 5.81. The summed E-state index contributed by atoms with van der Waals surface area (Å²) in [7, 11) is 0. The molecule has 0 bridgehead atoms. The van der Waals surface area contributed by atoms with Crippen molar-refractivity contribution in [1.29, 1.82) is 0 Å². The van der Waals surface area contributed by atoms with Crippen molar-refractivity contribution >= 4 is 11.1 Å². The average Bonchev–Trinajstić information content (AvgIpc) is 3.11. The van der Waals surface area contributed by atoms with E-state index in [0.717, 1.165) is 23.1 Å². The Hall–Kier alpha value is -2.17. The predicted molar refractivity (Wildman–Crippen MR) is 99.1 cm³/mol. The second kappa shape index (κ2) is 7.81. The third kappa shape index (κ3) is 4.09. The minimum atomic E-state index is 0.537. The second-order valence-electron chi connectivity index (χ2n) is 6.73. The molecule has 0 unspecified atom stereocenters. The van der Waals surface area contributed by atoms with E-state index in [0.29, 0.717) is 18.5 Å². The number of nitrogens with zero attached hydrogens (tertiary/aromatic N) is 1. The zero-order valence-electron chi connectivity index (χ0n) is 14.4. The van der Waals surface area contributed by atoms with Crippen molar-refractivity contribution in [2.45, 2.75) is 44.6 Å². The van der Waals surface area contributed by atoms with Gasteiger partial charge < -0.3 is 9.25 Å². The SMILES string of the molecule is c1ccc2oc(-c3ccc(CCONC4CCCCC4)cc3)nc2c1. The lowest BCUT2D eigenvalue weighted by atomic mass is 9.96. The molecule has 2 aromatic carbocycles. The molecule has 1 fully saturated rings. The minimum Gasteiger partial charge on any atom is -0.436 e. The van der Waals surface area contributed by atoms with Crippen LogP contribution in [0.4, 0.5) is 0 Å². The number of hydrogen-bond donors (Lipinski definition) is 1. The molecule has 0 spiro atoms. The Morgan fingerprint density at radius 3 is 2.60 bits per heavy atom. The summed E-state index contributed by atoms with van der Waals surface area (Å²) in [4.78, 5) is 10.2. The van der Waals surface area contributed by atoms with Crippen LogP contribution in [0.3, 0.4) is 0 Å². The van der Waals surface area contributed by atoms with Crippen molar-refractivity contribution in [1.82, 2.24) is 10.5 Å². The molecule has 1 heterocycles. The summed E-state index contributed by atoms with van der Waals surface area (Å²) in [6.45, 7) is 0.693. The van der Waals surface area contributed by atoms with Crippen molar-refractivity contribution in [2.75, 3.05) is 6.61 Å². The van der Waals surface area contributed by atoms with E-state index in [1.165, 1.54) is 37.7 Å². The molecule has 1 aliphatic carbocycles. The number of hydroxylamine groups is 1. The van der Waals surface area contributed by atoms with E-state index in [1.54, 1.807) is 0 Å². The first kappa shape index (κ1) is 16.3. The molecular formula is C21H24N2O2. The number of para-hydroxylation sites is 2. The van der Waals surface area contributed by atoms with Crippen LogP contribution < -0.4 is 5.48 Å². The monoisotopic (exact) mass is 336 g/mol. The molecule has 0 aliphatic heterocycles. The maximum Gasteiger partial charge on any atom is 0.227 e. The number of oxazole rings is 1. The van der Waals surface area contributed by atoms with Gasteiger partial charge in [-0.2, -0.15) is 5.48 Å². The first-order valence-electron chi connectivity index (χ1n) is 9.21. The van der Waals surface area contributed by atoms with Gasteiger partial charge in [0.2, 0.25) is 5.89 Å².